The van der Waals surface area contributed by atoms with E-state index in [2.05, 4.69) is 44.4 Å². The molecule has 1 aliphatic rings. The van der Waals surface area contributed by atoms with Crippen LogP contribution in [-0.2, 0) is 0 Å². The van der Waals surface area contributed by atoms with Crippen molar-refractivity contribution in [1.29, 1.82) is 0 Å². The van der Waals surface area contributed by atoms with Crippen molar-refractivity contribution in [2.75, 3.05) is 6.54 Å². The Labute approximate surface area is 75.1 Å². The maximum Gasteiger partial charge on any atom is 0.0450 e. The van der Waals surface area contributed by atoms with Gasteiger partial charge in [-0.2, -0.15) is 0 Å². The summed E-state index contributed by atoms with van der Waals surface area (Å²) < 4.78 is 0. The topological polar surface area (TPSA) is 3.24 Å². The zero-order valence-electron chi connectivity index (χ0n) is 8.17. The predicted octanol–water partition coefficient (Wildman–Crippen LogP) is 2.73. The molecule has 0 spiro atoms. The van der Waals surface area contributed by atoms with Crippen LogP contribution in [0.25, 0.3) is 0 Å². The zero-order valence-corrected chi connectivity index (χ0v) is 8.17. The van der Waals surface area contributed by atoms with Gasteiger partial charge >= 0.3 is 0 Å². The molecule has 1 atom stereocenters. The van der Waals surface area contributed by atoms with Gasteiger partial charge in [0.25, 0.3) is 0 Å². The van der Waals surface area contributed by atoms with Gasteiger partial charge < -0.3 is 4.90 Å². The van der Waals surface area contributed by atoms with Crippen LogP contribution in [0.1, 0.15) is 20.8 Å². The molecular formula is C11H17N. The minimum Gasteiger partial charge on any atom is -0.365 e. The Kier molecular flexibility index (Phi) is 2.74. The van der Waals surface area contributed by atoms with E-state index >= 15 is 0 Å². The SMILES string of the molecule is C=CCN1C(C)=CC(C)=CC1C. The minimum atomic E-state index is 0.507. The van der Waals surface area contributed by atoms with E-state index in [1.165, 1.54) is 11.3 Å². The number of hydrogen-bond acceptors (Lipinski definition) is 1. The van der Waals surface area contributed by atoms with Gasteiger partial charge in [0.15, 0.2) is 0 Å². The van der Waals surface area contributed by atoms with Gasteiger partial charge in [-0.1, -0.05) is 17.7 Å². The molecule has 0 N–H and O–H groups in total. The first-order valence-corrected chi connectivity index (χ1v) is 4.39. The molecule has 0 amide bonds. The minimum absolute atomic E-state index is 0.507. The van der Waals surface area contributed by atoms with E-state index in [1.807, 2.05) is 6.08 Å². The van der Waals surface area contributed by atoms with Crippen LogP contribution in [0.15, 0.2) is 36.1 Å². The van der Waals surface area contributed by atoms with Gasteiger partial charge in [0.1, 0.15) is 0 Å². The van der Waals surface area contributed by atoms with E-state index in [4.69, 9.17) is 0 Å². The molecule has 12 heavy (non-hydrogen) atoms. The second kappa shape index (κ2) is 3.61. The smallest absolute Gasteiger partial charge is 0.0450 e. The molecule has 1 rings (SSSR count). The van der Waals surface area contributed by atoms with Crippen molar-refractivity contribution in [2.24, 2.45) is 0 Å². The third-order valence-electron chi connectivity index (χ3n) is 2.21. The van der Waals surface area contributed by atoms with E-state index < -0.39 is 0 Å². The van der Waals surface area contributed by atoms with Crippen LogP contribution >= 0.6 is 0 Å². The van der Waals surface area contributed by atoms with Gasteiger partial charge in [0.2, 0.25) is 0 Å². The molecule has 66 valence electrons. The quantitative estimate of drug-likeness (QED) is 0.566. The molecule has 0 aromatic rings. The van der Waals surface area contributed by atoms with Crippen molar-refractivity contribution in [1.82, 2.24) is 4.90 Å². The highest BCUT2D eigenvalue weighted by Gasteiger charge is 2.13. The Morgan fingerprint density at radius 2 is 2.25 bits per heavy atom. The van der Waals surface area contributed by atoms with Crippen LogP contribution in [0.3, 0.4) is 0 Å². The molecule has 0 aromatic heterocycles. The van der Waals surface area contributed by atoms with Gasteiger partial charge in [-0.15, -0.1) is 6.58 Å². The summed E-state index contributed by atoms with van der Waals surface area (Å²) in [6, 6.07) is 0.507. The lowest BCUT2D eigenvalue weighted by Gasteiger charge is -2.32. The number of nitrogens with zero attached hydrogens (tertiary/aromatic N) is 1. The van der Waals surface area contributed by atoms with E-state index in [9.17, 15) is 0 Å². The van der Waals surface area contributed by atoms with Crippen LogP contribution in [0, 0.1) is 0 Å². The molecule has 0 saturated carbocycles. The highest BCUT2D eigenvalue weighted by molar-refractivity contribution is 5.27. The highest BCUT2D eigenvalue weighted by Crippen LogP contribution is 2.18. The van der Waals surface area contributed by atoms with Gasteiger partial charge in [0, 0.05) is 18.3 Å². The summed E-state index contributed by atoms with van der Waals surface area (Å²) in [5.41, 5.74) is 2.70. The van der Waals surface area contributed by atoms with Gasteiger partial charge in [-0.3, -0.25) is 0 Å². The lowest BCUT2D eigenvalue weighted by atomic mass is 10.1. The lowest BCUT2D eigenvalue weighted by Crippen LogP contribution is -2.32. The van der Waals surface area contributed by atoms with Crippen LogP contribution in [0.5, 0.6) is 0 Å². The average Bonchev–Trinajstić information content (AvgIpc) is 1.96. The fourth-order valence-corrected chi connectivity index (χ4v) is 1.70. The van der Waals surface area contributed by atoms with E-state index in [1.54, 1.807) is 0 Å². The van der Waals surface area contributed by atoms with Crippen molar-refractivity contribution in [2.45, 2.75) is 26.8 Å². The molecule has 0 aromatic carbocycles. The summed E-state index contributed by atoms with van der Waals surface area (Å²) in [7, 11) is 0. The number of rotatable bonds is 2. The molecular weight excluding hydrogens is 146 g/mol. The largest absolute Gasteiger partial charge is 0.365 e. The van der Waals surface area contributed by atoms with E-state index in [-0.39, 0.29) is 0 Å². The Morgan fingerprint density at radius 1 is 1.58 bits per heavy atom. The van der Waals surface area contributed by atoms with Gasteiger partial charge in [0.05, 0.1) is 0 Å². The molecule has 1 aliphatic heterocycles. The van der Waals surface area contributed by atoms with Gasteiger partial charge in [-0.25, -0.2) is 0 Å². The number of allylic oxidation sites excluding steroid dienone is 3. The summed E-state index contributed by atoms with van der Waals surface area (Å²) in [6.07, 6.45) is 6.43. The predicted molar refractivity (Wildman–Crippen MR) is 53.9 cm³/mol. The first-order valence-electron chi connectivity index (χ1n) is 4.39. The fourth-order valence-electron chi connectivity index (χ4n) is 1.70. The lowest BCUT2D eigenvalue weighted by molar-refractivity contribution is 0.333. The number of hydrogen-bond donors (Lipinski definition) is 0. The monoisotopic (exact) mass is 163 g/mol. The molecule has 0 aliphatic carbocycles. The van der Waals surface area contributed by atoms with Gasteiger partial charge in [-0.05, 0) is 26.8 Å². The molecule has 1 nitrogen and oxygen atoms in total. The molecule has 1 heterocycles. The van der Waals surface area contributed by atoms with Crippen molar-refractivity contribution >= 4 is 0 Å². The van der Waals surface area contributed by atoms with Crippen molar-refractivity contribution in [3.8, 4) is 0 Å². The Hall–Kier alpha value is -0.980. The van der Waals surface area contributed by atoms with Crippen LogP contribution in [0.4, 0.5) is 0 Å². The van der Waals surface area contributed by atoms with E-state index in [0.717, 1.165) is 6.54 Å². The summed E-state index contributed by atoms with van der Waals surface area (Å²) in [4.78, 5) is 2.33. The Bertz CT molecular complexity index is 235. The summed E-state index contributed by atoms with van der Waals surface area (Å²) in [6.45, 7) is 11.2. The molecule has 1 heteroatoms. The zero-order chi connectivity index (χ0) is 9.14. The fraction of sp³-hybridized carbons (Fsp3) is 0.455. The Balaban J connectivity index is 2.79. The summed E-state index contributed by atoms with van der Waals surface area (Å²) >= 11 is 0. The third kappa shape index (κ3) is 1.79. The highest BCUT2D eigenvalue weighted by atomic mass is 15.2. The maximum absolute atomic E-state index is 3.75. The van der Waals surface area contributed by atoms with Crippen molar-refractivity contribution in [3.05, 3.63) is 36.1 Å². The molecule has 0 bridgehead atoms. The maximum atomic E-state index is 3.75. The summed E-state index contributed by atoms with van der Waals surface area (Å²) in [5.74, 6) is 0. The second-order valence-electron chi connectivity index (χ2n) is 3.38. The summed E-state index contributed by atoms with van der Waals surface area (Å²) in [5, 5.41) is 0. The van der Waals surface area contributed by atoms with Crippen molar-refractivity contribution in [3.63, 3.8) is 0 Å². The average molecular weight is 163 g/mol. The van der Waals surface area contributed by atoms with Crippen LogP contribution < -0.4 is 0 Å². The first kappa shape index (κ1) is 9.11. The van der Waals surface area contributed by atoms with Crippen LogP contribution in [0.2, 0.25) is 0 Å². The third-order valence-corrected chi connectivity index (χ3v) is 2.21. The standard InChI is InChI=1S/C11H17N/c1-5-6-12-10(3)7-9(2)8-11(12)4/h5,7-8,10H,1,6H2,2-4H3. The molecule has 0 fully saturated rings. The molecule has 0 radical (unpaired) electrons. The Morgan fingerprint density at radius 3 is 2.75 bits per heavy atom. The van der Waals surface area contributed by atoms with Crippen molar-refractivity contribution < 1.29 is 0 Å². The normalized spacial score (nSPS) is 23.2. The first-order chi connectivity index (χ1) is 5.65. The van der Waals surface area contributed by atoms with Crippen LogP contribution in [-0.4, -0.2) is 17.5 Å². The van der Waals surface area contributed by atoms with E-state index in [0.29, 0.717) is 6.04 Å². The molecule has 0 saturated heterocycles. The molecule has 1 unspecified atom stereocenters. The second-order valence-corrected chi connectivity index (χ2v) is 3.38.